The Labute approximate surface area is 70.1 Å². The second-order valence-electron chi connectivity index (χ2n) is 3.03. The number of nitrogens with one attached hydrogen (secondary N) is 1. The van der Waals surface area contributed by atoms with Crippen LogP contribution in [0.3, 0.4) is 0 Å². The minimum atomic E-state index is 0.847. The van der Waals surface area contributed by atoms with Gasteiger partial charge in [0, 0.05) is 17.5 Å². The summed E-state index contributed by atoms with van der Waals surface area (Å²) in [5, 5.41) is 3.59. The van der Waals surface area contributed by atoms with Crippen LogP contribution in [0.1, 0.15) is 12.8 Å². The number of hydrogen-bond acceptors (Lipinski definition) is 3. The van der Waals surface area contributed by atoms with Crippen molar-refractivity contribution < 1.29 is 0 Å². The van der Waals surface area contributed by atoms with Crippen LogP contribution in [0.2, 0.25) is 0 Å². The van der Waals surface area contributed by atoms with Gasteiger partial charge >= 0.3 is 0 Å². The molecule has 1 N–H and O–H groups in total. The van der Waals surface area contributed by atoms with Gasteiger partial charge in [0.05, 0.1) is 0 Å². The topological polar surface area (TPSA) is 12.0 Å². The molecule has 0 aliphatic carbocycles. The number of piperidine rings is 1. The van der Waals surface area contributed by atoms with Crippen LogP contribution in [-0.2, 0) is 0 Å². The van der Waals surface area contributed by atoms with E-state index in [4.69, 9.17) is 0 Å². The molecule has 2 aliphatic rings. The molecule has 2 heterocycles. The zero-order valence-corrected chi connectivity index (χ0v) is 7.64. The molecule has 2 fully saturated rings. The Bertz CT molecular complexity index is 92.2. The van der Waals surface area contributed by atoms with Gasteiger partial charge in [-0.15, -0.1) is 0 Å². The summed E-state index contributed by atoms with van der Waals surface area (Å²) in [4.78, 5) is 0. The molecule has 2 atom stereocenters. The minimum Gasteiger partial charge on any atom is -0.313 e. The van der Waals surface area contributed by atoms with Crippen LogP contribution in [0.25, 0.3) is 0 Å². The van der Waals surface area contributed by atoms with Gasteiger partial charge < -0.3 is 5.32 Å². The molecule has 10 heavy (non-hydrogen) atoms. The molecule has 0 bridgehead atoms. The van der Waals surface area contributed by atoms with Gasteiger partial charge in [0.2, 0.25) is 0 Å². The van der Waals surface area contributed by atoms with E-state index in [1.165, 1.54) is 30.9 Å². The zero-order chi connectivity index (χ0) is 6.81. The molecule has 3 heteroatoms. The first-order valence-electron chi connectivity index (χ1n) is 3.94. The molecule has 0 spiro atoms. The predicted octanol–water partition coefficient (Wildman–Crippen LogP) is 1.75. The largest absolute Gasteiger partial charge is 0.313 e. The molecule has 0 amide bonds. The van der Waals surface area contributed by atoms with Gasteiger partial charge in [-0.2, -0.15) is 0 Å². The van der Waals surface area contributed by atoms with Gasteiger partial charge in [-0.1, -0.05) is 21.6 Å². The fourth-order valence-corrected chi connectivity index (χ4v) is 4.52. The first-order chi connectivity index (χ1) is 4.97. The van der Waals surface area contributed by atoms with Crippen LogP contribution in [-0.4, -0.2) is 24.1 Å². The summed E-state index contributed by atoms with van der Waals surface area (Å²) in [7, 11) is 4.09. The second kappa shape index (κ2) is 3.37. The van der Waals surface area contributed by atoms with E-state index in [2.05, 4.69) is 16.1 Å². The van der Waals surface area contributed by atoms with Crippen LogP contribution >= 0.6 is 21.6 Å². The molecule has 1 nitrogen and oxygen atoms in total. The van der Waals surface area contributed by atoms with Crippen molar-refractivity contribution in [2.45, 2.75) is 18.9 Å². The van der Waals surface area contributed by atoms with Crippen molar-refractivity contribution in [3.63, 3.8) is 0 Å². The molecule has 2 rings (SSSR count). The Hall–Kier alpha value is 0.660. The summed E-state index contributed by atoms with van der Waals surface area (Å²) >= 11 is 0. The number of hydrogen-bond donors (Lipinski definition) is 1. The number of rotatable bonds is 0. The Morgan fingerprint density at radius 2 is 2.10 bits per heavy atom. The molecule has 2 aliphatic heterocycles. The highest BCUT2D eigenvalue weighted by Gasteiger charge is 2.27. The molecule has 0 radical (unpaired) electrons. The lowest BCUT2D eigenvalue weighted by Gasteiger charge is -2.35. The summed E-state index contributed by atoms with van der Waals surface area (Å²) in [5.74, 6) is 3.69. The summed E-state index contributed by atoms with van der Waals surface area (Å²) in [6, 6.07) is 0.847. The van der Waals surface area contributed by atoms with Gasteiger partial charge in [0.25, 0.3) is 0 Å². The molecule has 0 unspecified atom stereocenters. The average Bonchev–Trinajstić information content (AvgIpc) is 2.05. The Morgan fingerprint density at radius 3 is 3.00 bits per heavy atom. The molecule has 0 aromatic rings. The van der Waals surface area contributed by atoms with Gasteiger partial charge in [0.1, 0.15) is 0 Å². The molecule has 0 aromatic heterocycles. The lowest BCUT2D eigenvalue weighted by molar-refractivity contribution is 0.327. The van der Waals surface area contributed by atoms with Crippen molar-refractivity contribution in [1.82, 2.24) is 5.32 Å². The molecule has 58 valence electrons. The van der Waals surface area contributed by atoms with E-state index in [9.17, 15) is 0 Å². The molecule has 0 saturated carbocycles. The highest BCUT2D eigenvalue weighted by molar-refractivity contribution is 8.76. The van der Waals surface area contributed by atoms with E-state index in [1.54, 1.807) is 0 Å². The third kappa shape index (κ3) is 1.46. The van der Waals surface area contributed by atoms with Gasteiger partial charge in [-0.05, 0) is 25.3 Å². The SMILES string of the molecule is C1CN[C@H]2CSSC[C@@H]2C1. The lowest BCUT2D eigenvalue weighted by Crippen LogP contribution is -2.45. The molecular weight excluding hydrogens is 162 g/mol. The maximum absolute atomic E-state index is 3.59. The maximum atomic E-state index is 3.59. The van der Waals surface area contributed by atoms with E-state index in [0.29, 0.717) is 0 Å². The first kappa shape index (κ1) is 7.32. The Balaban J connectivity index is 1.93. The van der Waals surface area contributed by atoms with E-state index >= 15 is 0 Å². The van der Waals surface area contributed by atoms with E-state index in [0.717, 1.165) is 12.0 Å². The standard InChI is InChI=1S/C7H13NS2/c1-2-6-4-9-10-5-7(6)8-3-1/h6-8H,1-5H2/t6-,7-/m0/s1. The fraction of sp³-hybridized carbons (Fsp3) is 1.00. The van der Waals surface area contributed by atoms with Crippen molar-refractivity contribution in [2.24, 2.45) is 5.92 Å². The van der Waals surface area contributed by atoms with Crippen molar-refractivity contribution in [2.75, 3.05) is 18.1 Å². The lowest BCUT2D eigenvalue weighted by atomic mass is 9.94. The molecule has 0 aromatic carbocycles. The van der Waals surface area contributed by atoms with Gasteiger partial charge in [-0.3, -0.25) is 0 Å². The Kier molecular flexibility index (Phi) is 2.47. The zero-order valence-electron chi connectivity index (χ0n) is 6.01. The summed E-state index contributed by atoms with van der Waals surface area (Å²) in [6.07, 6.45) is 2.86. The second-order valence-corrected chi connectivity index (χ2v) is 5.58. The van der Waals surface area contributed by atoms with E-state index in [1.807, 2.05) is 10.8 Å². The van der Waals surface area contributed by atoms with Crippen LogP contribution in [0.5, 0.6) is 0 Å². The van der Waals surface area contributed by atoms with Crippen LogP contribution < -0.4 is 5.32 Å². The minimum absolute atomic E-state index is 0.847. The predicted molar refractivity (Wildman–Crippen MR) is 49.4 cm³/mol. The van der Waals surface area contributed by atoms with E-state index < -0.39 is 0 Å². The molecule has 2 saturated heterocycles. The smallest absolute Gasteiger partial charge is 0.0202 e. The van der Waals surface area contributed by atoms with Gasteiger partial charge in [0.15, 0.2) is 0 Å². The fourth-order valence-electron chi connectivity index (χ4n) is 1.67. The third-order valence-electron chi connectivity index (χ3n) is 2.34. The first-order valence-corrected chi connectivity index (χ1v) is 6.43. The van der Waals surface area contributed by atoms with Crippen LogP contribution in [0.15, 0.2) is 0 Å². The Morgan fingerprint density at radius 1 is 1.20 bits per heavy atom. The quantitative estimate of drug-likeness (QED) is 0.563. The average molecular weight is 175 g/mol. The monoisotopic (exact) mass is 175 g/mol. The summed E-state index contributed by atoms with van der Waals surface area (Å²) in [6.45, 7) is 1.26. The van der Waals surface area contributed by atoms with Crippen molar-refractivity contribution in [3.05, 3.63) is 0 Å². The maximum Gasteiger partial charge on any atom is 0.0202 e. The highest BCUT2D eigenvalue weighted by Crippen LogP contribution is 2.36. The van der Waals surface area contributed by atoms with Gasteiger partial charge in [-0.25, -0.2) is 0 Å². The summed E-state index contributed by atoms with van der Waals surface area (Å²) < 4.78 is 0. The highest BCUT2D eigenvalue weighted by atomic mass is 33.1. The van der Waals surface area contributed by atoms with Crippen LogP contribution in [0.4, 0.5) is 0 Å². The van der Waals surface area contributed by atoms with Crippen molar-refractivity contribution in [1.29, 1.82) is 0 Å². The number of fused-ring (bicyclic) bond motifs is 1. The molecular formula is C7H13NS2. The third-order valence-corrected chi connectivity index (χ3v) is 4.88. The van der Waals surface area contributed by atoms with Crippen LogP contribution in [0, 0.1) is 5.92 Å². The van der Waals surface area contributed by atoms with E-state index in [-0.39, 0.29) is 0 Å². The van der Waals surface area contributed by atoms with Crippen molar-refractivity contribution >= 4 is 21.6 Å². The summed E-state index contributed by atoms with van der Waals surface area (Å²) in [5.41, 5.74) is 0. The normalized spacial score (nSPS) is 40.8. The van der Waals surface area contributed by atoms with Crippen molar-refractivity contribution in [3.8, 4) is 0 Å².